The highest BCUT2D eigenvalue weighted by Gasteiger charge is 2.22. The van der Waals surface area contributed by atoms with E-state index in [0.717, 1.165) is 6.54 Å². The standard InChI is InChI=1S/C14H22N2O/c1-11-6-7-13(9-12(11)2)16-8-4-3-5-14(16)10-17-15/h6-7,9,14H,3-5,8,10,15H2,1-2H3. The van der Waals surface area contributed by atoms with Crippen LogP contribution in [0.2, 0.25) is 0 Å². The van der Waals surface area contributed by atoms with Gasteiger partial charge in [0.05, 0.1) is 12.6 Å². The second-order valence-corrected chi connectivity index (χ2v) is 4.94. The predicted molar refractivity (Wildman–Crippen MR) is 71.0 cm³/mol. The van der Waals surface area contributed by atoms with Crippen LogP contribution < -0.4 is 10.8 Å². The van der Waals surface area contributed by atoms with Gasteiger partial charge in [0.15, 0.2) is 0 Å². The van der Waals surface area contributed by atoms with E-state index in [2.05, 4.69) is 36.9 Å². The lowest BCUT2D eigenvalue weighted by atomic mass is 10.0. The van der Waals surface area contributed by atoms with Crippen molar-refractivity contribution in [3.05, 3.63) is 29.3 Å². The zero-order chi connectivity index (χ0) is 12.3. The lowest BCUT2D eigenvalue weighted by molar-refractivity contribution is 0.114. The highest BCUT2D eigenvalue weighted by Crippen LogP contribution is 2.26. The van der Waals surface area contributed by atoms with Crippen LogP contribution in [0.4, 0.5) is 5.69 Å². The number of hydrogen-bond donors (Lipinski definition) is 1. The highest BCUT2D eigenvalue weighted by atomic mass is 16.6. The predicted octanol–water partition coefficient (Wildman–Crippen LogP) is 2.55. The van der Waals surface area contributed by atoms with E-state index < -0.39 is 0 Å². The molecule has 0 saturated carbocycles. The van der Waals surface area contributed by atoms with Crippen LogP contribution in [-0.2, 0) is 4.84 Å². The number of nitrogens with zero attached hydrogens (tertiary/aromatic N) is 1. The van der Waals surface area contributed by atoms with Crippen molar-refractivity contribution in [1.29, 1.82) is 0 Å². The Morgan fingerprint density at radius 2 is 2.12 bits per heavy atom. The third-order valence-electron chi connectivity index (χ3n) is 3.74. The molecule has 1 aliphatic rings. The summed E-state index contributed by atoms with van der Waals surface area (Å²) in [5.41, 5.74) is 3.99. The average molecular weight is 234 g/mol. The first-order valence-electron chi connectivity index (χ1n) is 6.38. The van der Waals surface area contributed by atoms with Crippen molar-refractivity contribution in [1.82, 2.24) is 0 Å². The molecule has 0 aromatic heterocycles. The van der Waals surface area contributed by atoms with Gasteiger partial charge in [0.25, 0.3) is 0 Å². The van der Waals surface area contributed by atoms with E-state index in [-0.39, 0.29) is 0 Å². The molecule has 1 aromatic rings. The largest absolute Gasteiger partial charge is 0.366 e. The SMILES string of the molecule is Cc1ccc(N2CCCCC2CON)cc1C. The lowest BCUT2D eigenvalue weighted by Gasteiger charge is -2.37. The molecule has 0 amide bonds. The molecule has 94 valence electrons. The van der Waals surface area contributed by atoms with E-state index in [0.29, 0.717) is 12.6 Å². The first kappa shape index (κ1) is 12.4. The van der Waals surface area contributed by atoms with Crippen LogP contribution >= 0.6 is 0 Å². The fourth-order valence-electron chi connectivity index (χ4n) is 2.53. The van der Waals surface area contributed by atoms with Gasteiger partial charge in [-0.05, 0) is 56.4 Å². The summed E-state index contributed by atoms with van der Waals surface area (Å²) in [4.78, 5) is 7.28. The van der Waals surface area contributed by atoms with Gasteiger partial charge in [-0.2, -0.15) is 0 Å². The second kappa shape index (κ2) is 5.52. The molecule has 0 radical (unpaired) electrons. The van der Waals surface area contributed by atoms with Gasteiger partial charge in [-0.3, -0.25) is 0 Å². The summed E-state index contributed by atoms with van der Waals surface area (Å²) in [5, 5.41) is 0. The average Bonchev–Trinajstić information content (AvgIpc) is 2.34. The zero-order valence-corrected chi connectivity index (χ0v) is 10.8. The van der Waals surface area contributed by atoms with Crippen LogP contribution in [0.15, 0.2) is 18.2 Å². The van der Waals surface area contributed by atoms with Crippen molar-refractivity contribution in [2.24, 2.45) is 5.90 Å². The number of benzene rings is 1. The third kappa shape index (κ3) is 2.79. The van der Waals surface area contributed by atoms with Crippen molar-refractivity contribution >= 4 is 5.69 Å². The summed E-state index contributed by atoms with van der Waals surface area (Å²) in [6.45, 7) is 6.04. The molecule has 3 nitrogen and oxygen atoms in total. The Morgan fingerprint density at radius 1 is 1.29 bits per heavy atom. The minimum Gasteiger partial charge on any atom is -0.366 e. The molecule has 17 heavy (non-hydrogen) atoms. The summed E-state index contributed by atoms with van der Waals surface area (Å²) in [7, 11) is 0. The fraction of sp³-hybridized carbons (Fsp3) is 0.571. The normalized spacial score (nSPS) is 20.6. The van der Waals surface area contributed by atoms with E-state index in [9.17, 15) is 0 Å². The van der Waals surface area contributed by atoms with Crippen molar-refractivity contribution in [3.8, 4) is 0 Å². The summed E-state index contributed by atoms with van der Waals surface area (Å²) < 4.78 is 0. The number of aryl methyl sites for hydroxylation is 2. The Labute approximate surface area is 104 Å². The molecule has 1 aromatic carbocycles. The van der Waals surface area contributed by atoms with Gasteiger partial charge in [0.1, 0.15) is 0 Å². The molecular weight excluding hydrogens is 212 g/mol. The van der Waals surface area contributed by atoms with Gasteiger partial charge in [-0.1, -0.05) is 6.07 Å². The summed E-state index contributed by atoms with van der Waals surface area (Å²) >= 11 is 0. The van der Waals surface area contributed by atoms with Crippen molar-refractivity contribution < 1.29 is 4.84 Å². The molecule has 1 aliphatic heterocycles. The topological polar surface area (TPSA) is 38.5 Å². The number of nitrogens with two attached hydrogens (primary N) is 1. The molecule has 0 aliphatic carbocycles. The minimum atomic E-state index is 0.427. The fourth-order valence-corrected chi connectivity index (χ4v) is 2.53. The van der Waals surface area contributed by atoms with Crippen LogP contribution in [0.25, 0.3) is 0 Å². The Morgan fingerprint density at radius 3 is 2.82 bits per heavy atom. The quantitative estimate of drug-likeness (QED) is 0.817. The minimum absolute atomic E-state index is 0.427. The zero-order valence-electron chi connectivity index (χ0n) is 10.8. The Balaban J connectivity index is 2.20. The monoisotopic (exact) mass is 234 g/mol. The molecule has 1 fully saturated rings. The maximum absolute atomic E-state index is 5.23. The molecular formula is C14H22N2O. The summed E-state index contributed by atoms with van der Waals surface area (Å²) in [6, 6.07) is 7.09. The highest BCUT2D eigenvalue weighted by molar-refractivity contribution is 5.51. The van der Waals surface area contributed by atoms with Crippen LogP contribution in [0.5, 0.6) is 0 Å². The van der Waals surface area contributed by atoms with Gasteiger partial charge in [-0.15, -0.1) is 0 Å². The van der Waals surface area contributed by atoms with Crippen LogP contribution in [0.1, 0.15) is 30.4 Å². The van der Waals surface area contributed by atoms with Gasteiger partial charge in [-0.25, -0.2) is 5.90 Å². The molecule has 2 rings (SSSR count). The third-order valence-corrected chi connectivity index (χ3v) is 3.74. The first-order chi connectivity index (χ1) is 8.22. The van der Waals surface area contributed by atoms with Crippen LogP contribution in [-0.4, -0.2) is 19.2 Å². The first-order valence-corrected chi connectivity index (χ1v) is 6.38. The second-order valence-electron chi connectivity index (χ2n) is 4.94. The summed E-state index contributed by atoms with van der Waals surface area (Å²) in [6.07, 6.45) is 3.70. The van der Waals surface area contributed by atoms with E-state index in [1.165, 1.54) is 36.1 Å². The smallest absolute Gasteiger partial charge is 0.0882 e. The van der Waals surface area contributed by atoms with Gasteiger partial charge >= 0.3 is 0 Å². The van der Waals surface area contributed by atoms with Crippen molar-refractivity contribution in [3.63, 3.8) is 0 Å². The number of anilines is 1. The van der Waals surface area contributed by atoms with Crippen LogP contribution in [0.3, 0.4) is 0 Å². The molecule has 3 heteroatoms. The molecule has 0 spiro atoms. The molecule has 1 unspecified atom stereocenters. The maximum Gasteiger partial charge on any atom is 0.0882 e. The van der Waals surface area contributed by atoms with Crippen molar-refractivity contribution in [2.45, 2.75) is 39.2 Å². The van der Waals surface area contributed by atoms with E-state index in [1.54, 1.807) is 0 Å². The maximum atomic E-state index is 5.23. The van der Waals surface area contributed by atoms with E-state index in [1.807, 2.05) is 0 Å². The number of piperidine rings is 1. The number of rotatable bonds is 3. The molecule has 2 N–H and O–H groups in total. The Bertz CT molecular complexity index is 376. The Kier molecular flexibility index (Phi) is 4.02. The number of hydrogen-bond acceptors (Lipinski definition) is 3. The van der Waals surface area contributed by atoms with Gasteiger partial charge in [0.2, 0.25) is 0 Å². The van der Waals surface area contributed by atoms with Crippen molar-refractivity contribution in [2.75, 3.05) is 18.1 Å². The Hall–Kier alpha value is -1.06. The molecule has 1 heterocycles. The van der Waals surface area contributed by atoms with Gasteiger partial charge < -0.3 is 9.74 Å². The molecule has 0 bridgehead atoms. The van der Waals surface area contributed by atoms with E-state index >= 15 is 0 Å². The molecule has 1 atom stereocenters. The molecule has 1 saturated heterocycles. The summed E-state index contributed by atoms with van der Waals surface area (Å²) in [5.74, 6) is 5.23. The van der Waals surface area contributed by atoms with Gasteiger partial charge in [0, 0.05) is 12.2 Å². The van der Waals surface area contributed by atoms with E-state index in [4.69, 9.17) is 10.7 Å². The van der Waals surface area contributed by atoms with Crippen LogP contribution in [0, 0.1) is 13.8 Å². The lowest BCUT2D eigenvalue weighted by Crippen LogP contribution is -2.43.